The predicted molar refractivity (Wildman–Crippen MR) is 117 cm³/mol. The number of carbonyl (C=O) groups excluding carboxylic acids is 1. The fourth-order valence-corrected chi connectivity index (χ4v) is 3.90. The molecule has 2 N–H and O–H groups in total. The molecule has 0 aliphatic carbocycles. The van der Waals surface area contributed by atoms with Crippen LogP contribution in [0, 0.1) is 0 Å². The number of hydrogen-bond acceptors (Lipinski definition) is 3. The summed E-state index contributed by atoms with van der Waals surface area (Å²) in [4.78, 5) is 21.3. The molecule has 0 aromatic carbocycles. The number of nitrogens with one attached hydrogen (secondary N) is 2. The minimum absolute atomic E-state index is 0. The minimum Gasteiger partial charge on any atom is -0.356 e. The van der Waals surface area contributed by atoms with E-state index in [9.17, 15) is 4.79 Å². The van der Waals surface area contributed by atoms with Gasteiger partial charge in [0.05, 0.1) is 6.54 Å². The first-order chi connectivity index (χ1) is 11.6. The van der Waals surface area contributed by atoms with Crippen molar-refractivity contribution in [2.45, 2.75) is 58.5 Å². The molecule has 1 fully saturated rings. The first-order valence-corrected chi connectivity index (χ1v) is 9.77. The molecule has 1 aliphatic heterocycles. The Morgan fingerprint density at radius 1 is 1.32 bits per heavy atom. The van der Waals surface area contributed by atoms with E-state index in [0.717, 1.165) is 38.3 Å². The number of rotatable bonds is 6. The number of guanidine groups is 1. The minimum atomic E-state index is 0. The van der Waals surface area contributed by atoms with Gasteiger partial charge >= 0.3 is 0 Å². The van der Waals surface area contributed by atoms with Crippen molar-refractivity contribution in [2.24, 2.45) is 4.99 Å². The zero-order valence-electron chi connectivity index (χ0n) is 15.5. The van der Waals surface area contributed by atoms with E-state index in [2.05, 4.69) is 41.6 Å². The molecule has 0 spiro atoms. The quantitative estimate of drug-likeness (QED) is 0.375. The molecule has 0 saturated carbocycles. The first-order valence-electron chi connectivity index (χ1n) is 8.95. The molecule has 7 heteroatoms. The van der Waals surface area contributed by atoms with Crippen molar-refractivity contribution in [1.29, 1.82) is 0 Å². The maximum Gasteiger partial charge on any atom is 0.224 e. The third kappa shape index (κ3) is 7.13. The maximum absolute atomic E-state index is 12.3. The Morgan fingerprint density at radius 2 is 2.08 bits per heavy atom. The van der Waals surface area contributed by atoms with Crippen LogP contribution in [-0.2, 0) is 17.8 Å². The van der Waals surface area contributed by atoms with Gasteiger partial charge in [0.2, 0.25) is 5.91 Å². The van der Waals surface area contributed by atoms with Crippen LogP contribution in [-0.4, -0.2) is 42.9 Å². The highest BCUT2D eigenvalue weighted by atomic mass is 127. The van der Waals surface area contributed by atoms with Crippen LogP contribution in [0.4, 0.5) is 0 Å². The summed E-state index contributed by atoms with van der Waals surface area (Å²) < 4.78 is 0. The second-order valence-electron chi connectivity index (χ2n) is 6.26. The topological polar surface area (TPSA) is 56.7 Å². The second-order valence-corrected chi connectivity index (χ2v) is 7.51. The van der Waals surface area contributed by atoms with Gasteiger partial charge < -0.3 is 15.5 Å². The molecule has 2 heterocycles. The van der Waals surface area contributed by atoms with E-state index in [0.29, 0.717) is 19.0 Å². The Balaban J connectivity index is 0.00000312. The van der Waals surface area contributed by atoms with Crippen molar-refractivity contribution in [2.75, 3.05) is 20.1 Å². The highest BCUT2D eigenvalue weighted by molar-refractivity contribution is 14.0. The fraction of sp³-hybridized carbons (Fsp3) is 0.667. The van der Waals surface area contributed by atoms with E-state index in [1.54, 1.807) is 7.05 Å². The molecule has 1 unspecified atom stereocenters. The van der Waals surface area contributed by atoms with Crippen LogP contribution in [0.5, 0.6) is 0 Å². The van der Waals surface area contributed by atoms with Gasteiger partial charge in [-0.25, -0.2) is 0 Å². The summed E-state index contributed by atoms with van der Waals surface area (Å²) in [5.74, 6) is 0.997. The predicted octanol–water partition coefficient (Wildman–Crippen LogP) is 3.38. The average molecular weight is 478 g/mol. The molecular formula is C18H31IN4OS. The summed E-state index contributed by atoms with van der Waals surface area (Å²) in [6.07, 6.45) is 5.09. The van der Waals surface area contributed by atoms with Crippen LogP contribution in [0.2, 0.25) is 0 Å². The summed E-state index contributed by atoms with van der Waals surface area (Å²) in [7, 11) is 1.76. The molecule has 25 heavy (non-hydrogen) atoms. The highest BCUT2D eigenvalue weighted by Crippen LogP contribution is 2.17. The Hall–Kier alpha value is -0.830. The van der Waals surface area contributed by atoms with E-state index >= 15 is 0 Å². The molecule has 2 rings (SSSR count). The van der Waals surface area contributed by atoms with Crippen molar-refractivity contribution in [3.8, 4) is 0 Å². The number of halogens is 1. The Bertz CT molecular complexity index is 561. The van der Waals surface area contributed by atoms with E-state index < -0.39 is 0 Å². The number of piperidine rings is 1. The molecule has 142 valence electrons. The fourth-order valence-electron chi connectivity index (χ4n) is 3.00. The molecule has 5 nitrogen and oxygen atoms in total. The summed E-state index contributed by atoms with van der Waals surface area (Å²) >= 11 is 1.83. The molecule has 1 aromatic heterocycles. The van der Waals surface area contributed by atoms with Crippen molar-refractivity contribution in [3.05, 3.63) is 21.9 Å². The van der Waals surface area contributed by atoms with Gasteiger partial charge in [-0.15, -0.1) is 35.3 Å². The van der Waals surface area contributed by atoms with E-state index in [1.807, 2.05) is 16.2 Å². The van der Waals surface area contributed by atoms with Gasteiger partial charge in [0.15, 0.2) is 5.96 Å². The lowest BCUT2D eigenvalue weighted by atomic mass is 10.0. The van der Waals surface area contributed by atoms with Crippen molar-refractivity contribution >= 4 is 47.2 Å². The number of carbonyl (C=O) groups is 1. The lowest BCUT2D eigenvalue weighted by Gasteiger charge is -2.33. The Kier molecular flexibility index (Phi) is 10.4. The summed E-state index contributed by atoms with van der Waals surface area (Å²) in [6, 6.07) is 4.72. The van der Waals surface area contributed by atoms with Crippen LogP contribution < -0.4 is 10.6 Å². The van der Waals surface area contributed by atoms with Crippen molar-refractivity contribution in [1.82, 2.24) is 15.5 Å². The first kappa shape index (κ1) is 22.2. The number of likely N-dealkylation sites (tertiary alicyclic amines) is 1. The molecule has 1 aliphatic rings. The number of nitrogens with zero attached hydrogens (tertiary/aromatic N) is 2. The molecule has 0 bridgehead atoms. The number of thiophene rings is 1. The lowest BCUT2D eigenvalue weighted by molar-refractivity contribution is -0.134. The summed E-state index contributed by atoms with van der Waals surface area (Å²) in [5.41, 5.74) is 0. The molecule has 1 aromatic rings. The normalized spacial score (nSPS) is 17.8. The second kappa shape index (κ2) is 11.7. The molecule has 0 radical (unpaired) electrons. The maximum atomic E-state index is 12.3. The largest absolute Gasteiger partial charge is 0.356 e. The SMILES string of the molecule is CCc1ccc(CNC(=NC)NCCC(=O)N2CCCCC2C)s1.I. The standard InChI is InChI=1S/C18H30N4OS.HI/c1-4-15-8-9-16(24-15)13-21-18(19-3)20-11-10-17(23)22-12-6-5-7-14(22)2;/h8-9,14H,4-7,10-13H2,1-3H3,(H2,19,20,21);1H. The third-order valence-electron chi connectivity index (χ3n) is 4.47. The van der Waals surface area contributed by atoms with Crippen LogP contribution in [0.15, 0.2) is 17.1 Å². The number of hydrogen-bond donors (Lipinski definition) is 2. The van der Waals surface area contributed by atoms with Crippen LogP contribution in [0.25, 0.3) is 0 Å². The molecule has 1 atom stereocenters. The zero-order chi connectivity index (χ0) is 17.4. The van der Waals surface area contributed by atoms with Crippen LogP contribution >= 0.6 is 35.3 Å². The Morgan fingerprint density at radius 3 is 2.72 bits per heavy atom. The summed E-state index contributed by atoms with van der Waals surface area (Å²) in [5, 5.41) is 6.55. The van der Waals surface area contributed by atoms with Gasteiger partial charge in [0, 0.05) is 42.4 Å². The van der Waals surface area contributed by atoms with Gasteiger partial charge in [-0.1, -0.05) is 6.92 Å². The lowest BCUT2D eigenvalue weighted by Crippen LogP contribution is -2.44. The third-order valence-corrected chi connectivity index (χ3v) is 5.70. The molecular weight excluding hydrogens is 447 g/mol. The zero-order valence-corrected chi connectivity index (χ0v) is 18.7. The van der Waals surface area contributed by atoms with Gasteiger partial charge in [-0.2, -0.15) is 0 Å². The number of amides is 1. The van der Waals surface area contributed by atoms with Gasteiger partial charge in [0.25, 0.3) is 0 Å². The van der Waals surface area contributed by atoms with Crippen molar-refractivity contribution in [3.63, 3.8) is 0 Å². The molecule has 1 amide bonds. The molecule has 1 saturated heterocycles. The van der Waals surface area contributed by atoms with Crippen LogP contribution in [0.3, 0.4) is 0 Å². The smallest absolute Gasteiger partial charge is 0.224 e. The highest BCUT2D eigenvalue weighted by Gasteiger charge is 2.22. The van der Waals surface area contributed by atoms with E-state index in [1.165, 1.54) is 16.2 Å². The average Bonchev–Trinajstić information content (AvgIpc) is 3.06. The number of aliphatic imine (C=N–C) groups is 1. The van der Waals surface area contributed by atoms with Gasteiger partial charge in [-0.05, 0) is 44.7 Å². The van der Waals surface area contributed by atoms with Gasteiger partial charge in [-0.3, -0.25) is 9.79 Å². The Labute approximate surface area is 172 Å². The van der Waals surface area contributed by atoms with E-state index in [-0.39, 0.29) is 29.9 Å². The van der Waals surface area contributed by atoms with Crippen molar-refractivity contribution < 1.29 is 4.79 Å². The number of aryl methyl sites for hydroxylation is 1. The van der Waals surface area contributed by atoms with Gasteiger partial charge in [0.1, 0.15) is 0 Å². The monoisotopic (exact) mass is 478 g/mol. The van der Waals surface area contributed by atoms with E-state index in [4.69, 9.17) is 0 Å². The summed E-state index contributed by atoms with van der Waals surface area (Å²) in [6.45, 7) is 6.61. The van der Waals surface area contributed by atoms with Crippen LogP contribution in [0.1, 0.15) is 49.3 Å².